The van der Waals surface area contributed by atoms with E-state index < -0.39 is 22.0 Å². The minimum Gasteiger partial charge on any atom is -0.497 e. The molecule has 2 aromatic rings. The van der Waals surface area contributed by atoms with Crippen LogP contribution in [0.1, 0.15) is 28.8 Å². The molecule has 1 aliphatic rings. The van der Waals surface area contributed by atoms with Crippen LogP contribution in [0.5, 0.6) is 5.75 Å². The van der Waals surface area contributed by atoms with Crippen LogP contribution >= 0.6 is 0 Å². The highest BCUT2D eigenvalue weighted by Gasteiger charge is 2.34. The first kappa shape index (κ1) is 24.5. The Balaban J connectivity index is 2.06. The number of rotatable bonds is 8. The van der Waals surface area contributed by atoms with Gasteiger partial charge in [-0.15, -0.1) is 0 Å². The lowest BCUT2D eigenvalue weighted by Crippen LogP contribution is -2.37. The van der Waals surface area contributed by atoms with Crippen molar-refractivity contribution in [3.05, 3.63) is 53.6 Å². The highest BCUT2D eigenvalue weighted by molar-refractivity contribution is 7.92. The van der Waals surface area contributed by atoms with Crippen LogP contribution in [-0.2, 0) is 26.1 Å². The molecule has 2 N–H and O–H groups in total. The molecule has 1 aliphatic heterocycles. The average Bonchev–Trinajstić information content (AvgIpc) is 3.30. The van der Waals surface area contributed by atoms with E-state index in [1.54, 1.807) is 17.6 Å². The predicted octanol–water partition coefficient (Wildman–Crippen LogP) is 1.78. The number of anilines is 1. The molecule has 1 atom stereocenters. The van der Waals surface area contributed by atoms with Gasteiger partial charge in [-0.3, -0.25) is 24.0 Å². The fourth-order valence-electron chi connectivity index (χ4n) is 4.00. The van der Waals surface area contributed by atoms with Gasteiger partial charge in [0.25, 0.3) is 15.9 Å². The maximum Gasteiger partial charge on any atom is 0.323 e. The summed E-state index contributed by atoms with van der Waals surface area (Å²) in [4.78, 5) is 26.5. The van der Waals surface area contributed by atoms with E-state index in [4.69, 9.17) is 9.47 Å². The van der Waals surface area contributed by atoms with Crippen LogP contribution in [-0.4, -0.2) is 64.3 Å². The summed E-state index contributed by atoms with van der Waals surface area (Å²) < 4.78 is 37.8. The Kier molecular flexibility index (Phi) is 7.57. The molecule has 0 radical (unpaired) electrons. The minimum absolute atomic E-state index is 0.00423. The summed E-state index contributed by atoms with van der Waals surface area (Å²) in [7, 11) is 0.0786. The van der Waals surface area contributed by atoms with Gasteiger partial charge in [-0.05, 0) is 55.3 Å². The number of nitrogens with one attached hydrogen (secondary N) is 1. The molecule has 0 bridgehead atoms. The van der Waals surface area contributed by atoms with E-state index >= 15 is 0 Å². The minimum atomic E-state index is -4.07. The number of carbonyl (C=O) groups is 2. The van der Waals surface area contributed by atoms with E-state index in [2.05, 4.69) is 0 Å². The summed E-state index contributed by atoms with van der Waals surface area (Å²) in [5, 5.41) is 9.24. The molecule has 1 saturated heterocycles. The van der Waals surface area contributed by atoms with Crippen molar-refractivity contribution in [2.24, 2.45) is 0 Å². The van der Waals surface area contributed by atoms with Gasteiger partial charge in [-0.2, -0.15) is 0 Å². The van der Waals surface area contributed by atoms with E-state index in [1.807, 2.05) is 4.90 Å². The van der Waals surface area contributed by atoms with Gasteiger partial charge in [0, 0.05) is 13.6 Å². The van der Waals surface area contributed by atoms with Crippen molar-refractivity contribution in [1.29, 1.82) is 0 Å². The summed E-state index contributed by atoms with van der Waals surface area (Å²) in [5.41, 5.74) is 2.16. The van der Waals surface area contributed by atoms with Crippen molar-refractivity contribution in [1.82, 2.24) is 10.4 Å². The molecule has 1 heterocycles. The van der Waals surface area contributed by atoms with Gasteiger partial charge in [-0.1, -0.05) is 12.1 Å². The number of para-hydroxylation sites is 1. The number of hydrogen-bond donors (Lipinski definition) is 2. The number of benzene rings is 2. The van der Waals surface area contributed by atoms with Crippen molar-refractivity contribution in [3.63, 3.8) is 0 Å². The highest BCUT2D eigenvalue weighted by Crippen LogP contribution is 2.33. The maximum absolute atomic E-state index is 13.4. The zero-order valence-electron chi connectivity index (χ0n) is 18.6. The van der Waals surface area contributed by atoms with Crippen LogP contribution < -0.4 is 14.5 Å². The number of esters is 1. The van der Waals surface area contributed by atoms with Crippen molar-refractivity contribution < 1.29 is 32.7 Å². The standard InChI is InChI=1S/C22H27N3O7S/c1-24(33(29,30)17-11-9-16(31-2)10-12-17)20-15(6-4-7-18(20)21(26)23-28)14-25-13-5-8-19(25)22(27)32-3/h4,6-7,9-12,19,28H,5,8,13-14H2,1-3H3,(H,23,26). The molecule has 178 valence electrons. The first-order valence-corrected chi connectivity index (χ1v) is 11.7. The van der Waals surface area contributed by atoms with E-state index in [0.717, 1.165) is 10.7 Å². The fourth-order valence-corrected chi connectivity index (χ4v) is 5.25. The second-order valence-corrected chi connectivity index (χ2v) is 9.52. The van der Waals surface area contributed by atoms with Gasteiger partial charge in [0.15, 0.2) is 0 Å². The monoisotopic (exact) mass is 477 g/mol. The highest BCUT2D eigenvalue weighted by atomic mass is 32.2. The third kappa shape index (κ3) is 4.95. The van der Waals surface area contributed by atoms with Gasteiger partial charge in [-0.25, -0.2) is 13.9 Å². The molecule has 2 aromatic carbocycles. The number of methoxy groups -OCH3 is 2. The Morgan fingerprint density at radius 3 is 2.48 bits per heavy atom. The molecule has 11 heteroatoms. The van der Waals surface area contributed by atoms with E-state index in [-0.39, 0.29) is 28.7 Å². The largest absolute Gasteiger partial charge is 0.497 e. The van der Waals surface area contributed by atoms with E-state index in [9.17, 15) is 23.2 Å². The van der Waals surface area contributed by atoms with Gasteiger partial charge in [0.2, 0.25) is 0 Å². The summed E-state index contributed by atoms with van der Waals surface area (Å²) in [6.07, 6.45) is 1.41. The van der Waals surface area contributed by atoms with Gasteiger partial charge in [0.1, 0.15) is 11.8 Å². The molecule has 1 amide bonds. The van der Waals surface area contributed by atoms with E-state index in [1.165, 1.54) is 51.6 Å². The maximum atomic E-state index is 13.4. The number of likely N-dealkylation sites (tertiary alicyclic amines) is 1. The smallest absolute Gasteiger partial charge is 0.323 e. The molecule has 0 spiro atoms. The second kappa shape index (κ2) is 10.2. The molecule has 0 aliphatic carbocycles. The lowest BCUT2D eigenvalue weighted by Gasteiger charge is -2.28. The lowest BCUT2D eigenvalue weighted by molar-refractivity contribution is -0.146. The Morgan fingerprint density at radius 2 is 1.88 bits per heavy atom. The zero-order valence-corrected chi connectivity index (χ0v) is 19.5. The third-order valence-corrected chi connectivity index (χ3v) is 7.48. The summed E-state index contributed by atoms with van der Waals surface area (Å²) in [6.45, 7) is 0.828. The van der Waals surface area contributed by atoms with Crippen LogP contribution in [0.4, 0.5) is 5.69 Å². The van der Waals surface area contributed by atoms with Gasteiger partial charge in [0.05, 0.1) is 30.4 Å². The van der Waals surface area contributed by atoms with E-state index in [0.29, 0.717) is 24.3 Å². The van der Waals surface area contributed by atoms with Crippen LogP contribution in [0, 0.1) is 0 Å². The van der Waals surface area contributed by atoms with Crippen LogP contribution in [0.3, 0.4) is 0 Å². The number of ether oxygens (including phenoxy) is 2. The summed E-state index contributed by atoms with van der Waals surface area (Å²) in [5.74, 6) is -0.715. The molecule has 33 heavy (non-hydrogen) atoms. The molecular weight excluding hydrogens is 450 g/mol. The number of carbonyl (C=O) groups excluding carboxylic acids is 2. The number of hydrogen-bond acceptors (Lipinski definition) is 8. The first-order chi connectivity index (χ1) is 15.7. The molecule has 0 saturated carbocycles. The molecule has 1 unspecified atom stereocenters. The second-order valence-electron chi connectivity index (χ2n) is 7.55. The fraction of sp³-hybridized carbons (Fsp3) is 0.364. The number of amides is 1. The Bertz CT molecular complexity index is 1120. The van der Waals surface area contributed by atoms with Gasteiger partial charge < -0.3 is 9.47 Å². The first-order valence-electron chi connectivity index (χ1n) is 10.3. The Hall–Kier alpha value is -3.15. The van der Waals surface area contributed by atoms with Crippen molar-refractivity contribution >= 4 is 27.6 Å². The lowest BCUT2D eigenvalue weighted by atomic mass is 10.1. The van der Waals surface area contributed by atoms with Crippen LogP contribution in [0.25, 0.3) is 0 Å². The van der Waals surface area contributed by atoms with Crippen molar-refractivity contribution in [2.75, 3.05) is 32.1 Å². The van der Waals surface area contributed by atoms with Gasteiger partial charge >= 0.3 is 5.97 Å². The quantitative estimate of drug-likeness (QED) is 0.335. The topological polar surface area (TPSA) is 125 Å². The molecule has 0 aromatic heterocycles. The molecule has 3 rings (SSSR count). The summed E-state index contributed by atoms with van der Waals surface area (Å²) >= 11 is 0. The third-order valence-electron chi connectivity index (χ3n) is 5.71. The zero-order chi connectivity index (χ0) is 24.2. The molecular formula is C22H27N3O7S. The number of hydroxylamine groups is 1. The number of sulfonamides is 1. The molecule has 1 fully saturated rings. The van der Waals surface area contributed by atoms with Crippen LogP contribution in [0.15, 0.2) is 47.4 Å². The Morgan fingerprint density at radius 1 is 1.18 bits per heavy atom. The van der Waals surface area contributed by atoms with Crippen molar-refractivity contribution in [3.8, 4) is 5.75 Å². The normalized spacial score (nSPS) is 16.3. The predicted molar refractivity (Wildman–Crippen MR) is 120 cm³/mol. The van der Waals surface area contributed by atoms with Crippen molar-refractivity contribution in [2.45, 2.75) is 30.3 Å². The number of nitrogens with zero attached hydrogens (tertiary/aromatic N) is 2. The Labute approximate surface area is 192 Å². The van der Waals surface area contributed by atoms with Crippen LogP contribution in [0.2, 0.25) is 0 Å². The average molecular weight is 478 g/mol. The summed E-state index contributed by atoms with van der Waals surface area (Å²) in [6, 6.07) is 10.1. The molecule has 10 nitrogen and oxygen atoms in total. The SMILES string of the molecule is COC(=O)C1CCCN1Cc1cccc(C(=O)NO)c1N(C)S(=O)(=O)c1ccc(OC)cc1.